The van der Waals surface area contributed by atoms with Crippen molar-refractivity contribution in [3.05, 3.63) is 0 Å². The van der Waals surface area contributed by atoms with Crippen LogP contribution in [0.1, 0.15) is 13.8 Å². The summed E-state index contributed by atoms with van der Waals surface area (Å²) in [5, 5.41) is 23.1. The Kier molecular flexibility index (Phi) is 6.67. The number of carbonyl (C=O) groups is 1. The lowest BCUT2D eigenvalue weighted by Crippen LogP contribution is -2.45. The van der Waals surface area contributed by atoms with Gasteiger partial charge >= 0.3 is 5.97 Å². The summed E-state index contributed by atoms with van der Waals surface area (Å²) in [7, 11) is 0. The molecule has 0 aliphatic carbocycles. The fourth-order valence-corrected chi connectivity index (χ4v) is 0.433. The molecule has 84 valence electrons. The highest BCUT2D eigenvalue weighted by atomic mass is 16.4. The van der Waals surface area contributed by atoms with Crippen molar-refractivity contribution in [2.24, 2.45) is 22.6 Å². The summed E-state index contributed by atoms with van der Waals surface area (Å²) in [6.45, 7) is 2.98. The van der Waals surface area contributed by atoms with E-state index < -0.39 is 17.4 Å². The SMILES string of the molecule is CC(C)(CO)C(N)C(=O)O.N=C(N)N. The Hall–Kier alpha value is -1.34. The van der Waals surface area contributed by atoms with Crippen LogP contribution >= 0.6 is 0 Å². The van der Waals surface area contributed by atoms with E-state index in [1.165, 1.54) is 0 Å². The third-order valence-electron chi connectivity index (χ3n) is 1.52. The predicted molar refractivity (Wildman–Crippen MR) is 52.6 cm³/mol. The summed E-state index contributed by atoms with van der Waals surface area (Å²) >= 11 is 0. The van der Waals surface area contributed by atoms with Gasteiger partial charge in [0, 0.05) is 5.41 Å². The first-order chi connectivity index (χ1) is 6.15. The van der Waals surface area contributed by atoms with E-state index in [2.05, 4.69) is 11.5 Å². The monoisotopic (exact) mass is 206 g/mol. The normalized spacial score (nSPS) is 12.3. The fraction of sp³-hybridized carbons (Fsp3) is 0.714. The van der Waals surface area contributed by atoms with Crippen molar-refractivity contribution in [1.29, 1.82) is 5.41 Å². The average Bonchev–Trinajstić information content (AvgIpc) is 2.02. The first kappa shape index (κ1) is 15.1. The average molecular weight is 206 g/mol. The largest absolute Gasteiger partial charge is 0.480 e. The molecule has 0 radical (unpaired) electrons. The molecular formula is C7H18N4O3. The highest BCUT2D eigenvalue weighted by molar-refractivity contribution is 5.74. The standard InChI is InChI=1S/C6H13NO3.CH5N3/c1-6(2,3-8)4(7)5(9)10;2-1(3)4/h4,8H,3,7H2,1-2H3,(H,9,10);(H5,2,3,4). The van der Waals surface area contributed by atoms with Gasteiger partial charge in [0.2, 0.25) is 0 Å². The van der Waals surface area contributed by atoms with Crippen molar-refractivity contribution in [2.45, 2.75) is 19.9 Å². The Morgan fingerprint density at radius 2 is 1.79 bits per heavy atom. The minimum atomic E-state index is -1.08. The van der Waals surface area contributed by atoms with Gasteiger partial charge in [0.05, 0.1) is 6.61 Å². The summed E-state index contributed by atoms with van der Waals surface area (Å²) in [6, 6.07) is -1.00. The summed E-state index contributed by atoms with van der Waals surface area (Å²) in [5.74, 6) is -1.42. The molecule has 0 rings (SSSR count). The van der Waals surface area contributed by atoms with Gasteiger partial charge in [-0.1, -0.05) is 13.8 Å². The Morgan fingerprint density at radius 3 is 1.86 bits per heavy atom. The van der Waals surface area contributed by atoms with Crippen LogP contribution in [0.15, 0.2) is 0 Å². The first-order valence-corrected chi connectivity index (χ1v) is 3.84. The minimum Gasteiger partial charge on any atom is -0.480 e. The number of aliphatic hydroxyl groups excluding tert-OH is 1. The molecule has 0 aromatic carbocycles. The summed E-state index contributed by atoms with van der Waals surface area (Å²) in [4.78, 5) is 10.3. The van der Waals surface area contributed by atoms with E-state index in [-0.39, 0.29) is 12.6 Å². The van der Waals surface area contributed by atoms with Crippen LogP contribution in [0.4, 0.5) is 0 Å². The first-order valence-electron chi connectivity index (χ1n) is 3.84. The molecule has 0 aromatic heterocycles. The lowest BCUT2D eigenvalue weighted by molar-refractivity contribution is -0.142. The second kappa shape index (κ2) is 6.17. The van der Waals surface area contributed by atoms with Gasteiger partial charge in [-0.05, 0) is 0 Å². The van der Waals surface area contributed by atoms with Crippen LogP contribution in [0, 0.1) is 10.8 Å². The molecule has 0 aliphatic heterocycles. The van der Waals surface area contributed by atoms with E-state index in [1.54, 1.807) is 13.8 Å². The van der Waals surface area contributed by atoms with Gasteiger partial charge in [-0.3, -0.25) is 10.2 Å². The number of rotatable bonds is 3. The summed E-state index contributed by atoms with van der Waals surface area (Å²) < 4.78 is 0. The van der Waals surface area contributed by atoms with E-state index >= 15 is 0 Å². The third kappa shape index (κ3) is 7.32. The van der Waals surface area contributed by atoms with Crippen LogP contribution < -0.4 is 17.2 Å². The topological polar surface area (TPSA) is 159 Å². The van der Waals surface area contributed by atoms with E-state index in [1.807, 2.05) is 0 Å². The number of hydrogen-bond donors (Lipinski definition) is 6. The van der Waals surface area contributed by atoms with Crippen LogP contribution in [0.25, 0.3) is 0 Å². The van der Waals surface area contributed by atoms with Crippen molar-refractivity contribution in [1.82, 2.24) is 0 Å². The summed E-state index contributed by atoms with van der Waals surface area (Å²) in [6.07, 6.45) is 0. The second-order valence-electron chi connectivity index (χ2n) is 3.42. The highest BCUT2D eigenvalue weighted by Gasteiger charge is 2.30. The van der Waals surface area contributed by atoms with Gasteiger partial charge in [-0.2, -0.15) is 0 Å². The molecule has 1 unspecified atom stereocenters. The zero-order chi connectivity index (χ0) is 11.9. The second-order valence-corrected chi connectivity index (χ2v) is 3.42. The Labute approximate surface area is 82.4 Å². The lowest BCUT2D eigenvalue weighted by atomic mass is 9.86. The molecule has 0 aromatic rings. The molecule has 0 fully saturated rings. The van der Waals surface area contributed by atoms with Crippen LogP contribution in [-0.2, 0) is 4.79 Å². The molecule has 7 heteroatoms. The molecule has 1 atom stereocenters. The van der Waals surface area contributed by atoms with Crippen LogP contribution in [0.3, 0.4) is 0 Å². The van der Waals surface area contributed by atoms with Gasteiger partial charge in [-0.15, -0.1) is 0 Å². The predicted octanol–water partition coefficient (Wildman–Crippen LogP) is -1.74. The van der Waals surface area contributed by atoms with Gasteiger partial charge < -0.3 is 27.4 Å². The van der Waals surface area contributed by atoms with E-state index in [0.29, 0.717) is 0 Å². The maximum Gasteiger partial charge on any atom is 0.321 e. The van der Waals surface area contributed by atoms with Gasteiger partial charge in [0.15, 0.2) is 5.96 Å². The van der Waals surface area contributed by atoms with E-state index in [0.717, 1.165) is 0 Å². The smallest absolute Gasteiger partial charge is 0.321 e. The quantitative estimate of drug-likeness (QED) is 0.237. The number of carboxylic acids is 1. The number of guanidine groups is 1. The van der Waals surface area contributed by atoms with Gasteiger partial charge in [-0.25, -0.2) is 0 Å². The van der Waals surface area contributed by atoms with Crippen molar-refractivity contribution in [2.75, 3.05) is 6.61 Å². The molecule has 9 N–H and O–H groups in total. The lowest BCUT2D eigenvalue weighted by Gasteiger charge is -2.25. The maximum absolute atomic E-state index is 10.3. The maximum atomic E-state index is 10.3. The van der Waals surface area contributed by atoms with Crippen molar-refractivity contribution in [3.63, 3.8) is 0 Å². The number of hydrogen-bond acceptors (Lipinski definition) is 4. The highest BCUT2D eigenvalue weighted by Crippen LogP contribution is 2.17. The van der Waals surface area contributed by atoms with Crippen molar-refractivity contribution in [3.8, 4) is 0 Å². The molecule has 14 heavy (non-hydrogen) atoms. The number of nitrogens with one attached hydrogen (secondary N) is 1. The van der Waals surface area contributed by atoms with Gasteiger partial charge in [0.25, 0.3) is 0 Å². The molecule has 0 saturated carbocycles. The van der Waals surface area contributed by atoms with Crippen molar-refractivity contribution >= 4 is 11.9 Å². The van der Waals surface area contributed by atoms with Gasteiger partial charge in [0.1, 0.15) is 6.04 Å². The van der Waals surface area contributed by atoms with Crippen LogP contribution in [0.5, 0.6) is 0 Å². The third-order valence-corrected chi connectivity index (χ3v) is 1.52. The summed E-state index contributed by atoms with van der Waals surface area (Å²) in [5.41, 5.74) is 13.4. The number of carboxylic acid groups (broad SMARTS) is 1. The fourth-order valence-electron chi connectivity index (χ4n) is 0.433. The zero-order valence-electron chi connectivity index (χ0n) is 8.32. The van der Waals surface area contributed by atoms with Crippen molar-refractivity contribution < 1.29 is 15.0 Å². The number of nitrogens with two attached hydrogens (primary N) is 3. The molecule has 0 heterocycles. The Bertz CT molecular complexity index is 201. The Morgan fingerprint density at radius 1 is 1.50 bits per heavy atom. The Balaban J connectivity index is 0. The number of aliphatic carboxylic acids is 1. The molecule has 0 spiro atoms. The van der Waals surface area contributed by atoms with E-state index in [4.69, 9.17) is 21.4 Å². The molecular weight excluding hydrogens is 188 g/mol. The number of aliphatic hydroxyl groups is 1. The molecule has 0 bridgehead atoms. The van der Waals surface area contributed by atoms with E-state index in [9.17, 15) is 4.79 Å². The van der Waals surface area contributed by atoms with Crippen LogP contribution in [-0.4, -0.2) is 34.8 Å². The molecule has 0 aliphatic rings. The molecule has 0 amide bonds. The van der Waals surface area contributed by atoms with Crippen LogP contribution in [0.2, 0.25) is 0 Å². The zero-order valence-corrected chi connectivity index (χ0v) is 8.32. The molecule has 0 saturated heterocycles. The minimum absolute atomic E-state index is 0.222. The molecule has 7 nitrogen and oxygen atoms in total.